The molecule has 8 heteroatoms. The molecule has 5 nitrogen and oxygen atoms in total. The van der Waals surface area contributed by atoms with E-state index in [0.717, 1.165) is 40.1 Å². The van der Waals surface area contributed by atoms with Crippen molar-refractivity contribution in [3.8, 4) is 0 Å². The van der Waals surface area contributed by atoms with E-state index in [0.29, 0.717) is 29.3 Å². The predicted octanol–water partition coefficient (Wildman–Crippen LogP) is 6.84. The van der Waals surface area contributed by atoms with Crippen molar-refractivity contribution in [2.75, 3.05) is 11.9 Å². The lowest BCUT2D eigenvalue weighted by Gasteiger charge is -2.13. The van der Waals surface area contributed by atoms with Gasteiger partial charge in [0.15, 0.2) is 6.61 Å². The number of nitrogens with zero attached hydrogens (tertiary/aromatic N) is 1. The highest BCUT2D eigenvalue weighted by atomic mass is 19.4. The van der Waals surface area contributed by atoms with Crippen LogP contribution < -0.4 is 5.32 Å². The molecule has 3 aromatic carbocycles. The maximum atomic E-state index is 13.3. The average molecular weight is 517 g/mol. The molecule has 0 bridgehead atoms. The van der Waals surface area contributed by atoms with E-state index in [1.807, 2.05) is 43.3 Å². The molecule has 0 spiro atoms. The molecule has 5 rings (SSSR count). The van der Waals surface area contributed by atoms with Gasteiger partial charge in [-0.25, -0.2) is 9.78 Å². The zero-order chi connectivity index (χ0) is 26.9. The summed E-state index contributed by atoms with van der Waals surface area (Å²) in [6.07, 6.45) is -1.19. The SMILES string of the molecule is Cc1ccc(/C=C2\CCc3c2nc2ccccc2c3C(=O)OCC(=O)Nc2cccc(C(F)(F)F)c2)cc1. The lowest BCUT2D eigenvalue weighted by Crippen LogP contribution is -2.22. The maximum absolute atomic E-state index is 13.3. The van der Waals surface area contributed by atoms with Gasteiger partial charge in [0.25, 0.3) is 5.91 Å². The molecule has 0 saturated carbocycles. The molecule has 1 N–H and O–H groups in total. The number of benzene rings is 3. The highest BCUT2D eigenvalue weighted by Crippen LogP contribution is 2.38. The molecule has 0 radical (unpaired) electrons. The monoisotopic (exact) mass is 516 g/mol. The van der Waals surface area contributed by atoms with E-state index in [1.165, 1.54) is 12.1 Å². The average Bonchev–Trinajstić information content (AvgIpc) is 3.28. The molecular weight excluding hydrogens is 493 g/mol. The number of amides is 1. The Morgan fingerprint density at radius 1 is 1.00 bits per heavy atom. The normalized spacial score (nSPS) is 13.9. The molecule has 0 saturated heterocycles. The molecule has 0 unspecified atom stereocenters. The zero-order valence-electron chi connectivity index (χ0n) is 20.4. The topological polar surface area (TPSA) is 68.3 Å². The van der Waals surface area contributed by atoms with Gasteiger partial charge in [0.05, 0.1) is 22.3 Å². The smallest absolute Gasteiger partial charge is 0.416 e. The van der Waals surface area contributed by atoms with Crippen LogP contribution in [0.3, 0.4) is 0 Å². The maximum Gasteiger partial charge on any atom is 0.416 e. The number of ether oxygens (including phenoxy) is 1. The number of pyridine rings is 1. The van der Waals surface area contributed by atoms with Crippen LogP contribution in [0.1, 0.15) is 44.7 Å². The summed E-state index contributed by atoms with van der Waals surface area (Å²) in [5.41, 5.74) is 4.73. The van der Waals surface area contributed by atoms with Gasteiger partial charge in [0, 0.05) is 11.1 Å². The molecule has 0 atom stereocenters. The number of anilines is 1. The zero-order valence-corrected chi connectivity index (χ0v) is 20.4. The van der Waals surface area contributed by atoms with Crippen molar-refractivity contribution in [3.63, 3.8) is 0 Å². The third-order valence-corrected chi connectivity index (χ3v) is 6.37. The largest absolute Gasteiger partial charge is 0.452 e. The summed E-state index contributed by atoms with van der Waals surface area (Å²) < 4.78 is 44.2. The minimum Gasteiger partial charge on any atom is -0.452 e. The van der Waals surface area contributed by atoms with E-state index in [4.69, 9.17) is 9.72 Å². The van der Waals surface area contributed by atoms with Crippen molar-refractivity contribution in [2.45, 2.75) is 25.9 Å². The number of carbonyl (C=O) groups excluding carboxylic acids is 2. The number of fused-ring (bicyclic) bond motifs is 2. The van der Waals surface area contributed by atoms with Crippen molar-refractivity contribution >= 4 is 40.1 Å². The van der Waals surface area contributed by atoms with E-state index < -0.39 is 30.2 Å². The number of nitrogens with one attached hydrogen (secondary N) is 1. The fourth-order valence-electron chi connectivity index (χ4n) is 4.55. The van der Waals surface area contributed by atoms with Gasteiger partial charge >= 0.3 is 12.1 Å². The van der Waals surface area contributed by atoms with Crippen molar-refractivity contribution in [1.29, 1.82) is 0 Å². The Labute approximate surface area is 217 Å². The number of carbonyl (C=O) groups is 2. The van der Waals surface area contributed by atoms with E-state index >= 15 is 0 Å². The van der Waals surface area contributed by atoms with Gasteiger partial charge in [0.2, 0.25) is 0 Å². The molecule has 1 aliphatic carbocycles. The number of hydrogen-bond acceptors (Lipinski definition) is 4. The van der Waals surface area contributed by atoms with Gasteiger partial charge in [-0.2, -0.15) is 13.2 Å². The fraction of sp³-hybridized carbons (Fsp3) is 0.167. The van der Waals surface area contributed by atoms with Crippen LogP contribution in [-0.2, 0) is 22.1 Å². The highest BCUT2D eigenvalue weighted by molar-refractivity contribution is 6.08. The van der Waals surface area contributed by atoms with Gasteiger partial charge < -0.3 is 10.1 Å². The molecule has 4 aromatic rings. The predicted molar refractivity (Wildman–Crippen MR) is 139 cm³/mol. The van der Waals surface area contributed by atoms with Gasteiger partial charge in [0.1, 0.15) is 0 Å². The molecule has 1 aliphatic rings. The number of aryl methyl sites for hydroxylation is 1. The first-order valence-corrected chi connectivity index (χ1v) is 12.0. The molecule has 0 aliphatic heterocycles. The Morgan fingerprint density at radius 2 is 1.76 bits per heavy atom. The molecule has 0 fully saturated rings. The van der Waals surface area contributed by atoms with Crippen LogP contribution in [0.25, 0.3) is 22.6 Å². The Bertz CT molecular complexity index is 1570. The number of esters is 1. The van der Waals surface area contributed by atoms with Gasteiger partial charge in [-0.1, -0.05) is 54.1 Å². The minimum absolute atomic E-state index is 0.0398. The second kappa shape index (κ2) is 10.1. The third kappa shape index (κ3) is 5.29. The number of allylic oxidation sites excluding steroid dienone is 1. The lowest BCUT2D eigenvalue weighted by atomic mass is 10.0. The van der Waals surface area contributed by atoms with Crippen molar-refractivity contribution < 1.29 is 27.5 Å². The van der Waals surface area contributed by atoms with Crippen LogP contribution >= 0.6 is 0 Å². The van der Waals surface area contributed by atoms with Crippen LogP contribution in [0, 0.1) is 6.92 Å². The fourth-order valence-corrected chi connectivity index (χ4v) is 4.55. The van der Waals surface area contributed by atoms with Crippen molar-refractivity contribution in [3.05, 3.63) is 106 Å². The summed E-state index contributed by atoms with van der Waals surface area (Å²) in [7, 11) is 0. The molecule has 1 heterocycles. The molecule has 192 valence electrons. The second-order valence-corrected chi connectivity index (χ2v) is 9.11. The van der Waals surface area contributed by atoms with Crippen LogP contribution in [-0.4, -0.2) is 23.5 Å². The molecule has 38 heavy (non-hydrogen) atoms. The van der Waals surface area contributed by atoms with Crippen molar-refractivity contribution in [1.82, 2.24) is 4.98 Å². The van der Waals surface area contributed by atoms with Gasteiger partial charge in [-0.3, -0.25) is 4.79 Å². The summed E-state index contributed by atoms with van der Waals surface area (Å²) in [4.78, 5) is 30.5. The number of para-hydroxylation sites is 1. The van der Waals surface area contributed by atoms with E-state index in [2.05, 4.69) is 11.4 Å². The Kier molecular flexibility index (Phi) is 6.72. The van der Waals surface area contributed by atoms with Crippen LogP contribution in [0.5, 0.6) is 0 Å². The summed E-state index contributed by atoms with van der Waals surface area (Å²) in [5, 5.41) is 2.97. The van der Waals surface area contributed by atoms with E-state index in [-0.39, 0.29) is 5.69 Å². The molecular formula is C30H23F3N2O3. The number of halogens is 3. The van der Waals surface area contributed by atoms with Crippen molar-refractivity contribution in [2.24, 2.45) is 0 Å². The summed E-state index contributed by atoms with van der Waals surface area (Å²) in [6, 6.07) is 19.6. The van der Waals surface area contributed by atoms with Crippen LogP contribution in [0.15, 0.2) is 72.8 Å². The lowest BCUT2D eigenvalue weighted by molar-refractivity contribution is -0.137. The first-order chi connectivity index (χ1) is 18.2. The number of aromatic nitrogens is 1. The Hall–Kier alpha value is -4.46. The standard InChI is InChI=1S/C30H23F3N2O3/c1-18-9-11-19(12-10-18)15-20-13-14-24-27(23-7-2-3-8-25(23)35-28(20)24)29(37)38-17-26(36)34-22-6-4-5-21(16-22)30(31,32)33/h2-12,15-16H,13-14,17H2,1H3,(H,34,36)/b20-15+. The number of rotatable bonds is 5. The van der Waals surface area contributed by atoms with E-state index in [1.54, 1.807) is 12.1 Å². The van der Waals surface area contributed by atoms with E-state index in [9.17, 15) is 22.8 Å². The number of alkyl halides is 3. The quantitative estimate of drug-likeness (QED) is 0.295. The first-order valence-electron chi connectivity index (χ1n) is 12.0. The summed E-state index contributed by atoms with van der Waals surface area (Å²) in [5.74, 6) is -1.43. The molecule has 1 amide bonds. The summed E-state index contributed by atoms with van der Waals surface area (Å²) >= 11 is 0. The second-order valence-electron chi connectivity index (χ2n) is 9.11. The minimum atomic E-state index is -4.54. The van der Waals surface area contributed by atoms with Crippen LogP contribution in [0.2, 0.25) is 0 Å². The Morgan fingerprint density at radius 3 is 2.53 bits per heavy atom. The van der Waals surface area contributed by atoms with Crippen LogP contribution in [0.4, 0.5) is 18.9 Å². The number of hydrogen-bond donors (Lipinski definition) is 1. The third-order valence-electron chi connectivity index (χ3n) is 6.37. The Balaban J connectivity index is 1.39. The van der Waals surface area contributed by atoms with Gasteiger partial charge in [-0.05, 0) is 66.8 Å². The van der Waals surface area contributed by atoms with Gasteiger partial charge in [-0.15, -0.1) is 0 Å². The molecule has 1 aromatic heterocycles. The first kappa shape index (κ1) is 25.2. The summed E-state index contributed by atoms with van der Waals surface area (Å²) in [6.45, 7) is 1.37. The highest BCUT2D eigenvalue weighted by Gasteiger charge is 2.31.